The third-order valence-electron chi connectivity index (χ3n) is 2.41. The van der Waals surface area contributed by atoms with Gasteiger partial charge < -0.3 is 15.7 Å². The predicted octanol–water partition coefficient (Wildman–Crippen LogP) is -0.0229. The predicted molar refractivity (Wildman–Crippen MR) is 57.1 cm³/mol. The molecule has 1 atom stereocenters. The molecule has 8 nitrogen and oxygen atoms in total. The summed E-state index contributed by atoms with van der Waals surface area (Å²) >= 11 is 0. The Balaban J connectivity index is 2.94. The molecule has 3 N–H and O–H groups in total. The fourth-order valence-electron chi connectivity index (χ4n) is 1.27. The smallest absolute Gasteiger partial charge is 0.323 e. The van der Waals surface area contributed by atoms with Crippen molar-refractivity contribution in [1.29, 1.82) is 0 Å². The molecular weight excluding hydrogens is 228 g/mol. The molecule has 0 aromatic carbocycles. The zero-order valence-electron chi connectivity index (χ0n) is 9.58. The van der Waals surface area contributed by atoms with E-state index >= 15 is 0 Å². The maximum Gasteiger partial charge on any atom is 0.323 e. The molecule has 1 aromatic rings. The fraction of sp³-hybridized carbons (Fsp3) is 0.556. The Hall–Kier alpha value is -2.12. The third kappa shape index (κ3) is 2.92. The highest BCUT2D eigenvalue weighted by molar-refractivity contribution is 5.97. The molecule has 1 rings (SSSR count). The molecule has 0 bridgehead atoms. The average molecular weight is 242 g/mol. The van der Waals surface area contributed by atoms with Gasteiger partial charge in [0.2, 0.25) is 11.5 Å². The number of carbonyl (C=O) groups excluding carboxylic acids is 1. The van der Waals surface area contributed by atoms with Gasteiger partial charge in [-0.25, -0.2) is 4.63 Å². The summed E-state index contributed by atoms with van der Waals surface area (Å²) in [4.78, 5) is 23.9. The van der Waals surface area contributed by atoms with Crippen LogP contribution in [0.2, 0.25) is 0 Å². The number of anilines is 1. The van der Waals surface area contributed by atoms with E-state index in [1.807, 2.05) is 6.92 Å². The molecule has 1 amide bonds. The molecule has 0 aliphatic heterocycles. The minimum Gasteiger partial charge on any atom is -0.480 e. The van der Waals surface area contributed by atoms with Crippen LogP contribution in [-0.4, -0.2) is 44.8 Å². The van der Waals surface area contributed by atoms with E-state index in [-0.39, 0.29) is 17.6 Å². The maximum atomic E-state index is 12.0. The summed E-state index contributed by atoms with van der Waals surface area (Å²) in [6, 6.07) is -0.241. The summed E-state index contributed by atoms with van der Waals surface area (Å²) in [7, 11) is 0. The van der Waals surface area contributed by atoms with Crippen molar-refractivity contribution in [3.8, 4) is 0 Å². The van der Waals surface area contributed by atoms with E-state index in [1.165, 1.54) is 0 Å². The third-order valence-corrected chi connectivity index (χ3v) is 2.41. The average Bonchev–Trinajstić information content (AvgIpc) is 2.70. The van der Waals surface area contributed by atoms with Crippen LogP contribution in [-0.2, 0) is 4.79 Å². The van der Waals surface area contributed by atoms with Crippen molar-refractivity contribution in [2.24, 2.45) is 0 Å². The quantitative estimate of drug-likeness (QED) is 0.743. The molecule has 1 aromatic heterocycles. The Bertz CT molecular complexity index is 417. The lowest BCUT2D eigenvalue weighted by Crippen LogP contribution is -2.42. The van der Waals surface area contributed by atoms with Crippen LogP contribution in [0, 0.1) is 0 Å². The SMILES string of the molecule is CCC(C)N(CC(=O)O)C(=O)c1nonc1N. The number of carboxylic acids is 1. The van der Waals surface area contributed by atoms with Crippen molar-refractivity contribution in [1.82, 2.24) is 15.2 Å². The van der Waals surface area contributed by atoms with Gasteiger partial charge in [-0.05, 0) is 23.7 Å². The first-order chi connectivity index (χ1) is 7.97. The molecule has 8 heteroatoms. The van der Waals surface area contributed by atoms with Crippen LogP contribution in [0.5, 0.6) is 0 Å². The number of amides is 1. The van der Waals surface area contributed by atoms with Gasteiger partial charge in [0, 0.05) is 6.04 Å². The Morgan fingerprint density at radius 2 is 2.18 bits per heavy atom. The summed E-state index contributed by atoms with van der Waals surface area (Å²) in [6.07, 6.45) is 0.615. The van der Waals surface area contributed by atoms with Crippen LogP contribution >= 0.6 is 0 Å². The number of nitrogens with zero attached hydrogens (tertiary/aromatic N) is 3. The van der Waals surface area contributed by atoms with Crippen LogP contribution in [0.3, 0.4) is 0 Å². The first-order valence-electron chi connectivity index (χ1n) is 5.08. The number of carbonyl (C=O) groups is 2. The van der Waals surface area contributed by atoms with E-state index in [0.717, 1.165) is 4.90 Å². The minimum atomic E-state index is -1.10. The fourth-order valence-corrected chi connectivity index (χ4v) is 1.27. The molecule has 0 fully saturated rings. The summed E-state index contributed by atoms with van der Waals surface area (Å²) < 4.78 is 4.32. The number of rotatable bonds is 5. The van der Waals surface area contributed by atoms with Crippen molar-refractivity contribution in [3.05, 3.63) is 5.69 Å². The topological polar surface area (TPSA) is 123 Å². The molecule has 0 aliphatic carbocycles. The van der Waals surface area contributed by atoms with E-state index in [9.17, 15) is 9.59 Å². The second kappa shape index (κ2) is 5.28. The Labute approximate surface area is 97.3 Å². The summed E-state index contributed by atoms with van der Waals surface area (Å²) in [6.45, 7) is 3.17. The number of hydrogen-bond acceptors (Lipinski definition) is 6. The van der Waals surface area contributed by atoms with Gasteiger partial charge in [0.1, 0.15) is 6.54 Å². The molecule has 0 aliphatic rings. The highest BCUT2D eigenvalue weighted by Gasteiger charge is 2.27. The number of aliphatic carboxylic acids is 1. The van der Waals surface area contributed by atoms with Crippen molar-refractivity contribution < 1.29 is 19.3 Å². The van der Waals surface area contributed by atoms with Gasteiger partial charge in [-0.2, -0.15) is 0 Å². The van der Waals surface area contributed by atoms with Gasteiger partial charge in [-0.15, -0.1) is 0 Å². The van der Waals surface area contributed by atoms with E-state index < -0.39 is 18.4 Å². The zero-order valence-corrected chi connectivity index (χ0v) is 9.58. The van der Waals surface area contributed by atoms with Gasteiger partial charge in [-0.1, -0.05) is 6.92 Å². The van der Waals surface area contributed by atoms with E-state index in [2.05, 4.69) is 14.9 Å². The van der Waals surface area contributed by atoms with Crippen LogP contribution in [0.4, 0.5) is 5.82 Å². The normalized spacial score (nSPS) is 12.1. The Kier molecular flexibility index (Phi) is 4.02. The molecule has 0 saturated carbocycles. The first-order valence-corrected chi connectivity index (χ1v) is 5.08. The van der Waals surface area contributed by atoms with Gasteiger partial charge >= 0.3 is 5.97 Å². The number of nitrogens with two attached hydrogens (primary N) is 1. The highest BCUT2D eigenvalue weighted by atomic mass is 16.6. The van der Waals surface area contributed by atoms with Crippen molar-refractivity contribution >= 4 is 17.7 Å². The molecule has 1 heterocycles. The Morgan fingerprint density at radius 3 is 2.59 bits per heavy atom. The standard InChI is InChI=1S/C9H14N4O4/c1-3-5(2)13(4-6(14)15)9(16)7-8(10)12-17-11-7/h5H,3-4H2,1-2H3,(H2,10,12)(H,14,15). The molecular formula is C9H14N4O4. The molecule has 94 valence electrons. The second-order valence-corrected chi connectivity index (χ2v) is 3.58. The minimum absolute atomic E-state index is 0.145. The monoisotopic (exact) mass is 242 g/mol. The van der Waals surface area contributed by atoms with Crippen molar-refractivity contribution in [2.45, 2.75) is 26.3 Å². The van der Waals surface area contributed by atoms with E-state index in [0.29, 0.717) is 6.42 Å². The largest absolute Gasteiger partial charge is 0.480 e. The van der Waals surface area contributed by atoms with Crippen molar-refractivity contribution in [3.63, 3.8) is 0 Å². The summed E-state index contributed by atoms with van der Waals surface area (Å²) in [5, 5.41) is 15.4. The van der Waals surface area contributed by atoms with Gasteiger partial charge in [0.15, 0.2) is 0 Å². The molecule has 0 saturated heterocycles. The van der Waals surface area contributed by atoms with Gasteiger partial charge in [0.25, 0.3) is 5.91 Å². The summed E-state index contributed by atoms with van der Waals surface area (Å²) in [5.41, 5.74) is 5.23. The van der Waals surface area contributed by atoms with E-state index in [4.69, 9.17) is 10.8 Å². The second-order valence-electron chi connectivity index (χ2n) is 3.58. The Morgan fingerprint density at radius 1 is 1.53 bits per heavy atom. The number of hydrogen-bond donors (Lipinski definition) is 2. The molecule has 0 spiro atoms. The van der Waals surface area contributed by atoms with Gasteiger partial charge in [0.05, 0.1) is 0 Å². The zero-order chi connectivity index (χ0) is 13.0. The summed E-state index contributed by atoms with van der Waals surface area (Å²) in [5.74, 6) is -1.84. The number of carboxylic acid groups (broad SMARTS) is 1. The van der Waals surface area contributed by atoms with Crippen molar-refractivity contribution in [2.75, 3.05) is 12.3 Å². The van der Waals surface area contributed by atoms with Crippen LogP contribution in [0.1, 0.15) is 30.8 Å². The highest BCUT2D eigenvalue weighted by Crippen LogP contribution is 2.12. The molecule has 17 heavy (non-hydrogen) atoms. The van der Waals surface area contributed by atoms with Crippen LogP contribution < -0.4 is 5.73 Å². The lowest BCUT2D eigenvalue weighted by Gasteiger charge is -2.25. The van der Waals surface area contributed by atoms with E-state index in [1.54, 1.807) is 6.92 Å². The lowest BCUT2D eigenvalue weighted by atomic mass is 10.2. The molecule has 0 radical (unpaired) electrons. The lowest BCUT2D eigenvalue weighted by molar-refractivity contribution is -0.138. The number of nitrogen functional groups attached to an aromatic ring is 1. The van der Waals surface area contributed by atoms with Gasteiger partial charge in [-0.3, -0.25) is 9.59 Å². The number of aromatic nitrogens is 2. The molecule has 1 unspecified atom stereocenters. The van der Waals surface area contributed by atoms with Crippen LogP contribution in [0.15, 0.2) is 4.63 Å². The first kappa shape index (κ1) is 12.9. The van der Waals surface area contributed by atoms with Crippen LogP contribution in [0.25, 0.3) is 0 Å². The maximum absolute atomic E-state index is 12.0.